The van der Waals surface area contributed by atoms with Crippen LogP contribution in [0, 0.1) is 17.8 Å². The van der Waals surface area contributed by atoms with Gasteiger partial charge >= 0.3 is 17.1 Å². The highest BCUT2D eigenvalue weighted by molar-refractivity contribution is 7.96. The lowest BCUT2D eigenvalue weighted by atomic mass is 9.48. The minimum absolute atomic E-state index is 0.225. The maximum Gasteiger partial charge on any atom is 0.446 e. The minimum Gasteiger partial charge on any atom is -0.691 e. The lowest BCUT2D eigenvalue weighted by Gasteiger charge is -2.63. The standard InChI is InChI=1S/C15H20F4O6S/c1-12(23-11(20)14(16,15(17,18)19)26-25-24-21)9-3-8-4-10(12)7-13(5-8,6-9)22-2/h8-10,21H,3-7H2,1-2H3/p-1. The fraction of sp³-hybridized carbons (Fsp3) is 0.933. The van der Waals surface area contributed by atoms with Gasteiger partial charge in [-0.15, -0.1) is 0 Å². The monoisotopic (exact) mass is 403 g/mol. The molecule has 26 heavy (non-hydrogen) atoms. The number of esters is 1. The van der Waals surface area contributed by atoms with E-state index in [-0.39, 0.29) is 17.4 Å². The van der Waals surface area contributed by atoms with E-state index in [9.17, 15) is 27.6 Å². The average molecular weight is 403 g/mol. The Labute approximate surface area is 151 Å². The molecule has 11 heteroatoms. The van der Waals surface area contributed by atoms with Gasteiger partial charge in [0.05, 0.1) is 17.6 Å². The number of hydrogen-bond acceptors (Lipinski definition) is 7. The van der Waals surface area contributed by atoms with Crippen LogP contribution in [0.15, 0.2) is 0 Å². The zero-order valence-corrected chi connectivity index (χ0v) is 15.0. The Bertz CT molecular complexity index is 557. The highest BCUT2D eigenvalue weighted by atomic mass is 32.2. The van der Waals surface area contributed by atoms with E-state index in [1.807, 2.05) is 0 Å². The van der Waals surface area contributed by atoms with Crippen LogP contribution in [0.2, 0.25) is 0 Å². The summed E-state index contributed by atoms with van der Waals surface area (Å²) in [6.45, 7) is 1.55. The lowest BCUT2D eigenvalue weighted by molar-refractivity contribution is -0.777. The summed E-state index contributed by atoms with van der Waals surface area (Å²) in [6.07, 6.45) is -2.32. The van der Waals surface area contributed by atoms with E-state index in [2.05, 4.69) is 9.37 Å². The highest BCUT2D eigenvalue weighted by Crippen LogP contribution is 2.62. The molecule has 0 spiro atoms. The number of alkyl halides is 4. The first kappa shape index (κ1) is 20.1. The van der Waals surface area contributed by atoms with Crippen LogP contribution >= 0.6 is 12.0 Å². The van der Waals surface area contributed by atoms with Gasteiger partial charge in [0.1, 0.15) is 5.60 Å². The normalized spacial score (nSPS) is 41.1. The molecule has 0 aromatic heterocycles. The van der Waals surface area contributed by atoms with Crippen LogP contribution in [0.5, 0.6) is 0 Å². The summed E-state index contributed by atoms with van der Waals surface area (Å²) in [6, 6.07) is 0. The van der Waals surface area contributed by atoms with Crippen LogP contribution in [0.3, 0.4) is 0 Å². The van der Waals surface area contributed by atoms with E-state index < -0.39 is 34.8 Å². The van der Waals surface area contributed by atoms with Crippen molar-refractivity contribution < 1.29 is 46.5 Å². The summed E-state index contributed by atoms with van der Waals surface area (Å²) in [5.74, 6) is -2.24. The number of halogens is 4. The van der Waals surface area contributed by atoms with Gasteiger partial charge in [-0.05, 0) is 44.9 Å². The fourth-order valence-corrected chi connectivity index (χ4v) is 5.38. The minimum atomic E-state index is -5.65. The third-order valence-corrected chi connectivity index (χ3v) is 7.06. The molecule has 0 N–H and O–H groups in total. The highest BCUT2D eigenvalue weighted by Gasteiger charge is 2.69. The molecule has 0 aromatic rings. The summed E-state index contributed by atoms with van der Waals surface area (Å²) in [4.78, 5) is 12.2. The quantitative estimate of drug-likeness (QED) is 0.222. The van der Waals surface area contributed by atoms with Gasteiger partial charge in [-0.25, -0.2) is 9.18 Å². The first-order valence-corrected chi connectivity index (χ1v) is 8.92. The van der Waals surface area contributed by atoms with Gasteiger partial charge in [-0.2, -0.15) is 17.5 Å². The summed E-state index contributed by atoms with van der Waals surface area (Å²) in [7, 11) is 1.60. The molecule has 3 unspecified atom stereocenters. The van der Waals surface area contributed by atoms with E-state index >= 15 is 0 Å². The van der Waals surface area contributed by atoms with Crippen molar-refractivity contribution >= 4 is 18.0 Å². The third-order valence-electron chi connectivity index (χ3n) is 6.30. The van der Waals surface area contributed by atoms with Crippen LogP contribution in [-0.2, 0) is 23.6 Å². The van der Waals surface area contributed by atoms with Gasteiger partial charge in [0.2, 0.25) is 0 Å². The molecule has 0 aliphatic heterocycles. The van der Waals surface area contributed by atoms with Crippen LogP contribution in [0.4, 0.5) is 17.6 Å². The van der Waals surface area contributed by atoms with Crippen molar-refractivity contribution in [3.05, 3.63) is 0 Å². The molecule has 0 saturated heterocycles. The zero-order chi connectivity index (χ0) is 19.4. The van der Waals surface area contributed by atoms with Crippen molar-refractivity contribution in [2.24, 2.45) is 17.8 Å². The molecule has 0 radical (unpaired) electrons. The van der Waals surface area contributed by atoms with Crippen molar-refractivity contribution in [2.45, 2.75) is 61.4 Å². The van der Waals surface area contributed by atoms with Gasteiger partial charge in [-0.3, -0.25) is 5.04 Å². The lowest BCUT2D eigenvalue weighted by Crippen LogP contribution is -2.65. The topological polar surface area (TPSA) is 77.1 Å². The molecule has 4 aliphatic carbocycles. The Morgan fingerprint density at radius 1 is 1.15 bits per heavy atom. The Morgan fingerprint density at radius 2 is 1.73 bits per heavy atom. The Kier molecular flexibility index (Phi) is 5.01. The van der Waals surface area contributed by atoms with Crippen LogP contribution in [0.25, 0.3) is 0 Å². The second-order valence-electron chi connectivity index (χ2n) is 7.62. The Morgan fingerprint density at radius 3 is 2.19 bits per heavy atom. The number of carbonyl (C=O) groups excluding carboxylic acids is 1. The van der Waals surface area contributed by atoms with Crippen molar-refractivity contribution in [1.29, 1.82) is 0 Å². The molecule has 4 rings (SSSR count). The number of hydrogen-bond donors (Lipinski definition) is 0. The molecule has 4 saturated carbocycles. The van der Waals surface area contributed by atoms with Gasteiger partial charge in [0.25, 0.3) is 0 Å². The van der Waals surface area contributed by atoms with Crippen molar-refractivity contribution in [3.8, 4) is 0 Å². The maximum atomic E-state index is 14.4. The van der Waals surface area contributed by atoms with Gasteiger partial charge in [0, 0.05) is 18.9 Å². The van der Waals surface area contributed by atoms with E-state index in [1.54, 1.807) is 14.0 Å². The van der Waals surface area contributed by atoms with Gasteiger partial charge in [-0.1, -0.05) is 0 Å². The molecule has 4 aliphatic rings. The SMILES string of the molecule is COC12CC3CC(C1)C(C)(OC(=O)C(F)(SOO[O-])C(F)(F)F)C(C3)C2. The number of rotatable bonds is 6. The summed E-state index contributed by atoms with van der Waals surface area (Å²) in [5, 5.41) is 8.01. The summed E-state index contributed by atoms with van der Waals surface area (Å²) in [5.41, 5.74) is -1.59. The molecule has 0 heterocycles. The molecule has 0 aromatic carbocycles. The van der Waals surface area contributed by atoms with E-state index in [0.29, 0.717) is 31.6 Å². The Balaban J connectivity index is 1.82. The predicted molar refractivity (Wildman–Crippen MR) is 77.4 cm³/mol. The molecule has 150 valence electrons. The maximum absolute atomic E-state index is 14.4. The number of methoxy groups -OCH3 is 1. The molecular formula is C15H19F4O6S-. The second kappa shape index (κ2) is 6.47. The summed E-state index contributed by atoms with van der Waals surface area (Å²) >= 11 is -1.06. The van der Waals surface area contributed by atoms with Crippen molar-refractivity contribution in [2.75, 3.05) is 7.11 Å². The fourth-order valence-electron chi connectivity index (χ4n) is 5.05. The molecule has 6 nitrogen and oxygen atoms in total. The van der Waals surface area contributed by atoms with E-state index in [0.717, 1.165) is 6.42 Å². The largest absolute Gasteiger partial charge is 0.691 e. The Hall–Kier alpha value is -0.620. The van der Waals surface area contributed by atoms with Gasteiger partial charge < -0.3 is 14.7 Å². The van der Waals surface area contributed by atoms with Crippen LogP contribution in [0.1, 0.15) is 39.0 Å². The van der Waals surface area contributed by atoms with Crippen LogP contribution in [-0.4, -0.2) is 35.5 Å². The average Bonchev–Trinajstić information content (AvgIpc) is 2.56. The van der Waals surface area contributed by atoms with Crippen molar-refractivity contribution in [3.63, 3.8) is 0 Å². The van der Waals surface area contributed by atoms with Gasteiger partial charge in [0.15, 0.2) is 0 Å². The number of ether oxygens (including phenoxy) is 2. The molecule has 3 atom stereocenters. The smallest absolute Gasteiger partial charge is 0.446 e. The number of carbonyl (C=O) groups is 1. The van der Waals surface area contributed by atoms with E-state index in [1.165, 1.54) is 0 Å². The zero-order valence-electron chi connectivity index (χ0n) is 14.1. The first-order valence-electron chi connectivity index (χ1n) is 8.18. The first-order chi connectivity index (χ1) is 12.0. The molecule has 4 fully saturated rings. The molecule has 4 bridgehead atoms. The van der Waals surface area contributed by atoms with Crippen LogP contribution < -0.4 is 5.26 Å². The molecule has 0 amide bonds. The molecular weight excluding hydrogens is 384 g/mol. The van der Waals surface area contributed by atoms with E-state index in [4.69, 9.17) is 9.47 Å². The second-order valence-corrected chi connectivity index (χ2v) is 8.48. The predicted octanol–water partition coefficient (Wildman–Crippen LogP) is 2.61. The summed E-state index contributed by atoms with van der Waals surface area (Å²) < 4.78 is 67.9. The van der Waals surface area contributed by atoms with Crippen molar-refractivity contribution in [1.82, 2.24) is 0 Å². The third kappa shape index (κ3) is 3.01.